The molecule has 14 nitrogen and oxygen atoms in total. The highest BCUT2D eigenvalue weighted by Crippen LogP contribution is 2.35. The van der Waals surface area contributed by atoms with Crippen LogP contribution in [0.3, 0.4) is 0 Å². The maximum Gasteiger partial charge on any atom is 0.408 e. The van der Waals surface area contributed by atoms with E-state index in [-0.39, 0.29) is 32.5 Å². The van der Waals surface area contributed by atoms with Crippen molar-refractivity contribution in [3.63, 3.8) is 0 Å². The second kappa shape index (κ2) is 15.8. The summed E-state index contributed by atoms with van der Waals surface area (Å²) in [5.41, 5.74) is -1.66. The number of carbonyl (C=O) groups excluding carboxylic acids is 4. The Morgan fingerprint density at radius 1 is 0.959 bits per heavy atom. The molecule has 17 heteroatoms. The van der Waals surface area contributed by atoms with E-state index in [4.69, 9.17) is 32.7 Å². The molecule has 0 fully saturated rings. The number of amides is 3. The van der Waals surface area contributed by atoms with Crippen molar-refractivity contribution in [1.29, 1.82) is 0 Å². The number of carbonyl (C=O) groups is 4. The SMILES string of the molecule is COC(=O)[C@H](NC(=O)[C@H](Cc1ccc(F)c([N+](=O)[O-])c1)N(C)C(=O)[C@H](NC(=O)OC(C)(C)C)c1cc(Cl)c(O)c(Cl)c1)c1ccc(O)cc1. The fourth-order valence-corrected chi connectivity index (χ4v) is 5.08. The number of nitrogens with one attached hydrogen (secondary N) is 2. The molecule has 262 valence electrons. The number of hydrogen-bond donors (Lipinski definition) is 4. The molecule has 0 saturated heterocycles. The highest BCUT2D eigenvalue weighted by molar-refractivity contribution is 6.37. The van der Waals surface area contributed by atoms with Gasteiger partial charge >= 0.3 is 17.7 Å². The molecular formula is C32H33Cl2FN4O10. The lowest BCUT2D eigenvalue weighted by atomic mass is 9.99. The molecule has 0 aromatic heterocycles. The highest BCUT2D eigenvalue weighted by atomic mass is 35.5. The number of rotatable bonds is 11. The third-order valence-corrected chi connectivity index (χ3v) is 7.56. The number of nitro benzene ring substituents is 1. The molecule has 3 amide bonds. The van der Waals surface area contributed by atoms with Gasteiger partial charge in [0.05, 0.1) is 22.1 Å². The van der Waals surface area contributed by atoms with Crippen LogP contribution in [-0.4, -0.2) is 69.7 Å². The van der Waals surface area contributed by atoms with Gasteiger partial charge in [-0.15, -0.1) is 0 Å². The Morgan fingerprint density at radius 2 is 1.55 bits per heavy atom. The van der Waals surface area contributed by atoms with Gasteiger partial charge in [-0.05, 0) is 67.8 Å². The van der Waals surface area contributed by atoms with Crippen molar-refractivity contribution in [1.82, 2.24) is 15.5 Å². The van der Waals surface area contributed by atoms with Gasteiger partial charge in [0.25, 0.3) is 0 Å². The molecule has 3 rings (SSSR count). The van der Waals surface area contributed by atoms with Gasteiger partial charge in [-0.25, -0.2) is 9.59 Å². The van der Waals surface area contributed by atoms with Crippen LogP contribution in [0.2, 0.25) is 10.0 Å². The quantitative estimate of drug-likeness (QED) is 0.117. The molecule has 0 bridgehead atoms. The number of halogens is 3. The van der Waals surface area contributed by atoms with Crippen molar-refractivity contribution < 1.29 is 48.2 Å². The number of nitro groups is 1. The number of aromatic hydroxyl groups is 2. The first kappa shape index (κ1) is 38.3. The van der Waals surface area contributed by atoms with Crippen LogP contribution in [0.15, 0.2) is 54.6 Å². The van der Waals surface area contributed by atoms with E-state index >= 15 is 0 Å². The van der Waals surface area contributed by atoms with Gasteiger partial charge in [-0.3, -0.25) is 19.7 Å². The zero-order valence-corrected chi connectivity index (χ0v) is 28.3. The van der Waals surface area contributed by atoms with Crippen molar-refractivity contribution >= 4 is 52.8 Å². The summed E-state index contributed by atoms with van der Waals surface area (Å²) in [5.74, 6) is -4.61. The van der Waals surface area contributed by atoms with Crippen LogP contribution in [0.1, 0.15) is 49.5 Å². The number of ether oxygens (including phenoxy) is 2. The number of nitrogens with zero attached hydrogens (tertiary/aromatic N) is 2. The number of benzene rings is 3. The Morgan fingerprint density at radius 3 is 2.08 bits per heavy atom. The fourth-order valence-electron chi connectivity index (χ4n) is 4.58. The van der Waals surface area contributed by atoms with Gasteiger partial charge in [0, 0.05) is 19.5 Å². The summed E-state index contributed by atoms with van der Waals surface area (Å²) in [4.78, 5) is 65.3. The van der Waals surface area contributed by atoms with Gasteiger partial charge in [0.1, 0.15) is 23.4 Å². The largest absolute Gasteiger partial charge is 0.508 e. The monoisotopic (exact) mass is 722 g/mol. The summed E-state index contributed by atoms with van der Waals surface area (Å²) in [7, 11) is 2.26. The Balaban J connectivity index is 2.13. The predicted octanol–water partition coefficient (Wildman–Crippen LogP) is 5.12. The van der Waals surface area contributed by atoms with E-state index in [0.29, 0.717) is 0 Å². The average molecular weight is 724 g/mol. The predicted molar refractivity (Wildman–Crippen MR) is 175 cm³/mol. The third kappa shape index (κ3) is 9.93. The summed E-state index contributed by atoms with van der Waals surface area (Å²) in [6.45, 7) is 4.74. The molecule has 49 heavy (non-hydrogen) atoms. The summed E-state index contributed by atoms with van der Waals surface area (Å²) in [6.07, 6.45) is -1.50. The lowest BCUT2D eigenvalue weighted by Crippen LogP contribution is -2.53. The molecule has 4 N–H and O–H groups in total. The van der Waals surface area contributed by atoms with Gasteiger partial charge in [-0.1, -0.05) is 41.4 Å². The lowest BCUT2D eigenvalue weighted by Gasteiger charge is -2.32. The Labute approximate surface area is 289 Å². The molecule has 3 atom stereocenters. The van der Waals surface area contributed by atoms with E-state index in [1.54, 1.807) is 20.8 Å². The number of phenols is 2. The number of hydrogen-bond acceptors (Lipinski definition) is 10. The summed E-state index contributed by atoms with van der Waals surface area (Å²) in [6, 6.07) is 5.78. The lowest BCUT2D eigenvalue weighted by molar-refractivity contribution is -0.387. The van der Waals surface area contributed by atoms with Crippen LogP contribution in [0.5, 0.6) is 11.5 Å². The van der Waals surface area contributed by atoms with Crippen molar-refractivity contribution in [2.24, 2.45) is 0 Å². The van der Waals surface area contributed by atoms with E-state index in [1.807, 2.05) is 0 Å². The first-order chi connectivity index (χ1) is 22.8. The van der Waals surface area contributed by atoms with E-state index in [2.05, 4.69) is 10.6 Å². The fraction of sp³-hybridized carbons (Fsp3) is 0.312. The number of methoxy groups -OCH3 is 1. The first-order valence-corrected chi connectivity index (χ1v) is 15.1. The number of esters is 1. The summed E-state index contributed by atoms with van der Waals surface area (Å²) < 4.78 is 24.4. The first-order valence-electron chi connectivity index (χ1n) is 14.4. The molecule has 0 unspecified atom stereocenters. The Hall–Kier alpha value is -5.15. The van der Waals surface area contributed by atoms with Gasteiger partial charge < -0.3 is 35.2 Å². The van der Waals surface area contributed by atoms with Gasteiger partial charge in [-0.2, -0.15) is 4.39 Å². The van der Waals surface area contributed by atoms with Crippen LogP contribution >= 0.6 is 23.2 Å². The molecule has 3 aromatic carbocycles. The molecule has 0 aliphatic heterocycles. The molecule has 0 spiro atoms. The number of likely N-dealkylation sites (N-methyl/N-ethyl adjacent to an activating group) is 1. The third-order valence-electron chi connectivity index (χ3n) is 6.98. The van der Waals surface area contributed by atoms with Gasteiger partial charge in [0.15, 0.2) is 11.8 Å². The van der Waals surface area contributed by atoms with E-state index in [0.717, 1.165) is 36.3 Å². The number of alkyl carbamates (subject to hydrolysis) is 1. The zero-order valence-electron chi connectivity index (χ0n) is 26.8. The van der Waals surface area contributed by atoms with E-state index in [9.17, 15) is 43.9 Å². The highest BCUT2D eigenvalue weighted by Gasteiger charge is 2.37. The van der Waals surface area contributed by atoms with Crippen LogP contribution < -0.4 is 10.6 Å². The average Bonchev–Trinajstić information content (AvgIpc) is 3.02. The number of phenolic OH excluding ortho intramolecular Hbond substituents is 2. The summed E-state index contributed by atoms with van der Waals surface area (Å²) >= 11 is 12.2. The van der Waals surface area contributed by atoms with Crippen LogP contribution in [0.25, 0.3) is 0 Å². The molecule has 0 aliphatic rings. The minimum Gasteiger partial charge on any atom is -0.508 e. The topological polar surface area (TPSA) is 198 Å². The van der Waals surface area contributed by atoms with E-state index < -0.39 is 76.2 Å². The molecule has 0 aliphatic carbocycles. The normalized spacial score (nSPS) is 13.0. The molecule has 0 saturated carbocycles. The second-order valence-electron chi connectivity index (χ2n) is 11.7. The van der Waals surface area contributed by atoms with Crippen LogP contribution in [0.4, 0.5) is 14.9 Å². The van der Waals surface area contributed by atoms with Crippen LogP contribution in [0, 0.1) is 15.9 Å². The molecule has 3 aromatic rings. The maximum absolute atomic E-state index is 14.2. The second-order valence-corrected chi connectivity index (χ2v) is 12.5. The van der Waals surface area contributed by atoms with Gasteiger partial charge in [0.2, 0.25) is 17.6 Å². The minimum absolute atomic E-state index is 0.0244. The smallest absolute Gasteiger partial charge is 0.408 e. The maximum atomic E-state index is 14.2. The van der Waals surface area contributed by atoms with Crippen molar-refractivity contribution in [2.45, 2.75) is 50.9 Å². The molecule has 0 heterocycles. The van der Waals surface area contributed by atoms with Crippen molar-refractivity contribution in [3.8, 4) is 11.5 Å². The van der Waals surface area contributed by atoms with Crippen LogP contribution in [-0.2, 0) is 30.3 Å². The standard InChI is InChI=1S/C32H33Cl2FN4O10/c1-32(2,3)49-31(45)37-25(18-14-20(33)27(41)21(34)15-18)29(43)38(4)24(13-16-6-11-22(35)23(12-16)39(46)47)28(42)36-26(30(44)48-5)17-7-9-19(40)10-8-17/h6-12,14-15,24-26,40-41H,13H2,1-5H3,(H,36,42)(H,37,45)/t24-,25+,26+/m0/s1. The zero-order chi connectivity index (χ0) is 36.8. The summed E-state index contributed by atoms with van der Waals surface area (Å²) in [5, 5.41) is 35.7. The molecule has 0 radical (unpaired) electrons. The van der Waals surface area contributed by atoms with Crippen molar-refractivity contribution in [2.75, 3.05) is 14.2 Å². The Bertz CT molecular complexity index is 1730. The molecular weight excluding hydrogens is 690 g/mol. The minimum atomic E-state index is -1.64. The Kier molecular flexibility index (Phi) is 12.4. The van der Waals surface area contributed by atoms with Crippen molar-refractivity contribution in [3.05, 3.63) is 97.3 Å². The van der Waals surface area contributed by atoms with E-state index in [1.165, 1.54) is 37.4 Å².